The molecule has 0 bridgehead atoms. The van der Waals surface area contributed by atoms with Crippen LogP contribution in [0.4, 0.5) is 5.69 Å². The third-order valence-corrected chi connectivity index (χ3v) is 5.28. The fourth-order valence-electron chi connectivity index (χ4n) is 3.43. The normalized spacial score (nSPS) is 11.1. The smallest absolute Gasteiger partial charge is 0.255 e. The lowest BCUT2D eigenvalue weighted by molar-refractivity contribution is 0.102. The van der Waals surface area contributed by atoms with Crippen LogP contribution in [-0.4, -0.2) is 17.5 Å². The first kappa shape index (κ1) is 21.6. The molecule has 1 amide bonds. The molecule has 32 heavy (non-hydrogen) atoms. The number of nitrogens with zero attached hydrogens (tertiary/aromatic N) is 1. The highest BCUT2D eigenvalue weighted by Gasteiger charge is 2.10. The number of fused-ring (bicyclic) bond motifs is 1. The number of hydrogen-bond acceptors (Lipinski definition) is 4. The fourth-order valence-corrected chi connectivity index (χ4v) is 3.43. The highest BCUT2D eigenvalue weighted by atomic mass is 16.5. The lowest BCUT2D eigenvalue weighted by atomic mass is 10.0. The lowest BCUT2D eigenvalue weighted by Crippen LogP contribution is -2.11. The fraction of sp³-hybridized carbons (Fsp3) is 0.259. The number of nitrogens with one attached hydrogen (secondary N) is 1. The van der Waals surface area contributed by atoms with E-state index in [1.54, 1.807) is 12.1 Å². The summed E-state index contributed by atoms with van der Waals surface area (Å²) in [6.07, 6.45) is 1.54. The van der Waals surface area contributed by atoms with Gasteiger partial charge >= 0.3 is 0 Å². The minimum absolute atomic E-state index is 0.153. The van der Waals surface area contributed by atoms with Crippen molar-refractivity contribution in [1.29, 1.82) is 0 Å². The molecule has 4 aromatic rings. The summed E-state index contributed by atoms with van der Waals surface area (Å²) in [5.74, 6) is 1.75. The Morgan fingerprint density at radius 2 is 1.78 bits per heavy atom. The van der Waals surface area contributed by atoms with Crippen molar-refractivity contribution in [3.63, 3.8) is 0 Å². The maximum absolute atomic E-state index is 12.5. The molecule has 3 aromatic carbocycles. The van der Waals surface area contributed by atoms with Gasteiger partial charge in [-0.05, 0) is 72.0 Å². The Labute approximate surface area is 188 Å². The second kappa shape index (κ2) is 9.69. The molecule has 5 nitrogen and oxygen atoms in total. The number of benzene rings is 3. The van der Waals surface area contributed by atoms with Crippen molar-refractivity contribution in [1.82, 2.24) is 4.98 Å². The second-order valence-electron chi connectivity index (χ2n) is 8.19. The van der Waals surface area contributed by atoms with Crippen LogP contribution in [0.3, 0.4) is 0 Å². The van der Waals surface area contributed by atoms with E-state index in [1.807, 2.05) is 42.5 Å². The highest BCUT2D eigenvalue weighted by Crippen LogP contribution is 2.23. The van der Waals surface area contributed by atoms with Gasteiger partial charge in [-0.3, -0.25) is 4.79 Å². The van der Waals surface area contributed by atoms with Gasteiger partial charge in [0, 0.05) is 17.7 Å². The number of anilines is 1. The van der Waals surface area contributed by atoms with Crippen LogP contribution < -0.4 is 10.1 Å². The van der Waals surface area contributed by atoms with E-state index in [2.05, 4.69) is 43.2 Å². The summed E-state index contributed by atoms with van der Waals surface area (Å²) in [7, 11) is 0. The Kier molecular flexibility index (Phi) is 6.55. The van der Waals surface area contributed by atoms with Crippen LogP contribution >= 0.6 is 0 Å². The summed E-state index contributed by atoms with van der Waals surface area (Å²) in [4.78, 5) is 17.2. The molecule has 5 heteroatoms. The van der Waals surface area contributed by atoms with E-state index in [4.69, 9.17) is 9.15 Å². The molecular weight excluding hydrogens is 400 g/mol. The maximum atomic E-state index is 12.5. The van der Waals surface area contributed by atoms with E-state index >= 15 is 0 Å². The number of amides is 1. The zero-order valence-electron chi connectivity index (χ0n) is 18.7. The number of oxazole rings is 1. The summed E-state index contributed by atoms with van der Waals surface area (Å²) in [5.41, 5.74) is 5.34. The van der Waals surface area contributed by atoms with Crippen molar-refractivity contribution >= 4 is 22.7 Å². The molecule has 0 saturated carbocycles. The van der Waals surface area contributed by atoms with Crippen LogP contribution in [0.1, 0.15) is 60.5 Å². The summed E-state index contributed by atoms with van der Waals surface area (Å²) < 4.78 is 11.5. The Morgan fingerprint density at radius 1 is 1.03 bits per heavy atom. The molecule has 0 saturated heterocycles. The summed E-state index contributed by atoms with van der Waals surface area (Å²) >= 11 is 0. The maximum Gasteiger partial charge on any atom is 0.255 e. The van der Waals surface area contributed by atoms with E-state index < -0.39 is 0 Å². The van der Waals surface area contributed by atoms with Crippen LogP contribution in [0.5, 0.6) is 5.75 Å². The van der Waals surface area contributed by atoms with E-state index in [1.165, 1.54) is 5.56 Å². The zero-order valence-corrected chi connectivity index (χ0v) is 18.7. The Morgan fingerprint density at radius 3 is 2.47 bits per heavy atom. The minimum Gasteiger partial charge on any atom is -0.494 e. The quantitative estimate of drug-likeness (QED) is 0.344. The van der Waals surface area contributed by atoms with Crippen LogP contribution in [0.25, 0.3) is 11.1 Å². The van der Waals surface area contributed by atoms with Gasteiger partial charge in [0.15, 0.2) is 11.5 Å². The van der Waals surface area contributed by atoms with E-state index in [9.17, 15) is 4.79 Å². The van der Waals surface area contributed by atoms with Gasteiger partial charge in [-0.1, -0.05) is 39.0 Å². The van der Waals surface area contributed by atoms with Crippen molar-refractivity contribution in [3.05, 3.63) is 89.3 Å². The number of aromatic nitrogens is 1. The summed E-state index contributed by atoms with van der Waals surface area (Å²) in [6, 6.07) is 21.1. The minimum atomic E-state index is -0.153. The molecule has 0 fully saturated rings. The number of rotatable bonds is 8. The van der Waals surface area contributed by atoms with E-state index in [-0.39, 0.29) is 5.91 Å². The van der Waals surface area contributed by atoms with Gasteiger partial charge in [0.25, 0.3) is 5.91 Å². The van der Waals surface area contributed by atoms with Crippen LogP contribution in [-0.2, 0) is 6.42 Å². The molecule has 0 spiro atoms. The molecule has 0 aliphatic carbocycles. The Balaban J connectivity index is 1.38. The number of carbonyl (C=O) groups is 1. The molecule has 164 valence electrons. The monoisotopic (exact) mass is 428 g/mol. The molecule has 0 aliphatic rings. The number of hydrogen-bond donors (Lipinski definition) is 1. The van der Waals surface area contributed by atoms with Gasteiger partial charge in [-0.15, -0.1) is 0 Å². The van der Waals surface area contributed by atoms with Crippen molar-refractivity contribution in [3.8, 4) is 5.75 Å². The SMILES string of the molecule is CCCOc1ccc(C(=O)Nc2ccc(Cc3nc4cc(C(C)C)ccc4o3)cc2)cc1. The highest BCUT2D eigenvalue weighted by molar-refractivity contribution is 6.04. The first-order valence-corrected chi connectivity index (χ1v) is 11.0. The van der Waals surface area contributed by atoms with Crippen LogP contribution in [0.15, 0.2) is 71.1 Å². The molecule has 1 N–H and O–H groups in total. The first-order valence-electron chi connectivity index (χ1n) is 11.0. The third-order valence-electron chi connectivity index (χ3n) is 5.28. The molecular formula is C27H28N2O3. The Hall–Kier alpha value is -3.60. The van der Waals surface area contributed by atoms with Gasteiger partial charge in [-0.2, -0.15) is 0 Å². The average molecular weight is 429 g/mol. The molecule has 4 rings (SSSR count). The van der Waals surface area contributed by atoms with Crippen molar-refractivity contribution in [2.75, 3.05) is 11.9 Å². The molecule has 1 aromatic heterocycles. The molecule has 0 aliphatic heterocycles. The average Bonchev–Trinajstić information content (AvgIpc) is 3.20. The molecule has 0 unspecified atom stereocenters. The van der Waals surface area contributed by atoms with Gasteiger partial charge in [0.1, 0.15) is 11.3 Å². The van der Waals surface area contributed by atoms with E-state index in [0.717, 1.165) is 34.5 Å². The molecule has 0 atom stereocenters. The predicted molar refractivity (Wildman–Crippen MR) is 128 cm³/mol. The van der Waals surface area contributed by atoms with Crippen LogP contribution in [0, 0.1) is 0 Å². The third kappa shape index (κ3) is 5.17. The van der Waals surface area contributed by atoms with Crippen LogP contribution in [0.2, 0.25) is 0 Å². The lowest BCUT2D eigenvalue weighted by Gasteiger charge is -2.08. The molecule has 1 heterocycles. The van der Waals surface area contributed by atoms with Crippen molar-refractivity contribution in [2.45, 2.75) is 39.5 Å². The Bertz CT molecular complexity index is 1190. The number of carbonyl (C=O) groups excluding carboxylic acids is 1. The molecule has 0 radical (unpaired) electrons. The summed E-state index contributed by atoms with van der Waals surface area (Å²) in [5, 5.41) is 2.93. The van der Waals surface area contributed by atoms with Gasteiger partial charge < -0.3 is 14.5 Å². The van der Waals surface area contributed by atoms with Crippen molar-refractivity contribution in [2.24, 2.45) is 0 Å². The second-order valence-corrected chi connectivity index (χ2v) is 8.19. The van der Waals surface area contributed by atoms with E-state index in [0.29, 0.717) is 30.4 Å². The predicted octanol–water partition coefficient (Wildman–Crippen LogP) is 6.58. The standard InChI is InChI=1S/C27H28N2O3/c1-4-15-31-23-12-7-20(8-13-23)27(30)28-22-10-5-19(6-11-22)16-26-29-24-17-21(18(2)3)9-14-25(24)32-26/h5-14,17-18H,4,15-16H2,1-3H3,(H,28,30). The van der Waals surface area contributed by atoms with Gasteiger partial charge in [0.2, 0.25) is 0 Å². The first-order chi connectivity index (χ1) is 15.5. The van der Waals surface area contributed by atoms with Crippen molar-refractivity contribution < 1.29 is 13.9 Å². The number of ether oxygens (including phenoxy) is 1. The van der Waals surface area contributed by atoms with Gasteiger partial charge in [0.05, 0.1) is 6.61 Å². The topological polar surface area (TPSA) is 64.4 Å². The van der Waals surface area contributed by atoms with Gasteiger partial charge in [-0.25, -0.2) is 4.98 Å². The summed E-state index contributed by atoms with van der Waals surface area (Å²) in [6.45, 7) is 7.06. The zero-order chi connectivity index (χ0) is 22.5. The largest absolute Gasteiger partial charge is 0.494 e.